The summed E-state index contributed by atoms with van der Waals surface area (Å²) in [7, 11) is 0. The van der Waals surface area contributed by atoms with Crippen LogP contribution in [0.15, 0.2) is 53.2 Å². The number of hydrogen-bond acceptors (Lipinski definition) is 5. The summed E-state index contributed by atoms with van der Waals surface area (Å²) in [6, 6.07) is 14.4. The molecule has 0 atom stereocenters. The fourth-order valence-corrected chi connectivity index (χ4v) is 4.84. The van der Waals surface area contributed by atoms with Crippen LogP contribution in [0.3, 0.4) is 0 Å². The van der Waals surface area contributed by atoms with Gasteiger partial charge in [-0.2, -0.15) is 0 Å². The highest BCUT2D eigenvalue weighted by molar-refractivity contribution is 7.13. The minimum atomic E-state index is 0.192. The Bertz CT molecular complexity index is 853. The molecule has 6 heteroatoms. The Kier molecular flexibility index (Phi) is 5.97. The molecule has 0 bridgehead atoms. The number of carbonyl (C=O) groups excluding carboxylic acids is 1. The highest BCUT2D eigenvalue weighted by atomic mass is 32.1. The summed E-state index contributed by atoms with van der Waals surface area (Å²) in [6.45, 7) is 4.64. The number of amides is 1. The third-order valence-electron chi connectivity index (χ3n) is 4.88. The Morgan fingerprint density at radius 2 is 1.81 bits per heavy atom. The maximum absolute atomic E-state index is 12.6. The van der Waals surface area contributed by atoms with Crippen LogP contribution >= 0.6 is 22.7 Å². The van der Waals surface area contributed by atoms with Gasteiger partial charge in [0.25, 0.3) is 0 Å². The van der Waals surface area contributed by atoms with E-state index in [1.807, 2.05) is 39.8 Å². The van der Waals surface area contributed by atoms with Gasteiger partial charge in [-0.3, -0.25) is 9.69 Å². The number of thiophene rings is 1. The Hall–Kier alpha value is -2.02. The number of hydrogen-bond donors (Lipinski definition) is 0. The Balaban J connectivity index is 1.25. The summed E-state index contributed by atoms with van der Waals surface area (Å²) in [6.07, 6.45) is 1.51. The molecule has 1 amide bonds. The van der Waals surface area contributed by atoms with Crippen molar-refractivity contribution in [2.24, 2.45) is 0 Å². The summed E-state index contributed by atoms with van der Waals surface area (Å²) in [5.41, 5.74) is 1.99. The zero-order chi connectivity index (χ0) is 18.5. The average molecular weight is 398 g/mol. The highest BCUT2D eigenvalue weighted by Gasteiger charge is 2.21. The van der Waals surface area contributed by atoms with Gasteiger partial charge in [-0.15, -0.1) is 22.7 Å². The number of nitrogens with zero attached hydrogens (tertiary/aromatic N) is 3. The molecular weight excluding hydrogens is 374 g/mol. The van der Waals surface area contributed by atoms with Crippen molar-refractivity contribution in [1.29, 1.82) is 0 Å². The molecule has 140 valence electrons. The van der Waals surface area contributed by atoms with Gasteiger partial charge in [0, 0.05) is 48.5 Å². The van der Waals surface area contributed by atoms with Crippen molar-refractivity contribution < 1.29 is 4.79 Å². The molecule has 4 nitrogen and oxygen atoms in total. The Labute approximate surface area is 168 Å². The molecule has 1 aromatic carbocycles. The first-order chi connectivity index (χ1) is 13.3. The molecule has 3 heterocycles. The van der Waals surface area contributed by atoms with Gasteiger partial charge >= 0.3 is 0 Å². The second kappa shape index (κ2) is 8.78. The summed E-state index contributed by atoms with van der Waals surface area (Å²) in [5.74, 6) is 0.192. The second-order valence-electron chi connectivity index (χ2n) is 6.74. The molecule has 1 aliphatic heterocycles. The predicted molar refractivity (Wildman–Crippen MR) is 112 cm³/mol. The minimum Gasteiger partial charge on any atom is -0.340 e. The van der Waals surface area contributed by atoms with Crippen LogP contribution in [-0.2, 0) is 17.6 Å². The van der Waals surface area contributed by atoms with Crippen LogP contribution in [0, 0.1) is 0 Å². The topological polar surface area (TPSA) is 36.4 Å². The number of piperazine rings is 1. The van der Waals surface area contributed by atoms with E-state index in [0.717, 1.165) is 55.4 Å². The molecule has 0 aliphatic carbocycles. The second-order valence-corrected chi connectivity index (χ2v) is 8.63. The molecule has 2 aromatic heterocycles. The Morgan fingerprint density at radius 1 is 1.00 bits per heavy atom. The zero-order valence-corrected chi connectivity index (χ0v) is 16.8. The van der Waals surface area contributed by atoms with Crippen LogP contribution in [0.5, 0.6) is 0 Å². The predicted octanol–water partition coefficient (Wildman–Crippen LogP) is 3.80. The van der Waals surface area contributed by atoms with E-state index in [0.29, 0.717) is 6.42 Å². The molecule has 0 saturated carbocycles. The van der Waals surface area contributed by atoms with Crippen molar-refractivity contribution in [1.82, 2.24) is 14.8 Å². The normalized spacial score (nSPS) is 15.2. The zero-order valence-electron chi connectivity index (χ0n) is 15.2. The van der Waals surface area contributed by atoms with Gasteiger partial charge in [0.15, 0.2) is 0 Å². The number of benzene rings is 1. The van der Waals surface area contributed by atoms with Crippen molar-refractivity contribution in [3.05, 3.63) is 63.8 Å². The molecule has 27 heavy (non-hydrogen) atoms. The summed E-state index contributed by atoms with van der Waals surface area (Å²) < 4.78 is 0. The maximum atomic E-state index is 12.6. The van der Waals surface area contributed by atoms with Crippen molar-refractivity contribution in [3.63, 3.8) is 0 Å². The van der Waals surface area contributed by atoms with E-state index in [-0.39, 0.29) is 5.91 Å². The van der Waals surface area contributed by atoms with Crippen LogP contribution in [0.2, 0.25) is 0 Å². The van der Waals surface area contributed by atoms with Crippen molar-refractivity contribution in [2.45, 2.75) is 12.8 Å². The van der Waals surface area contributed by atoms with Gasteiger partial charge in [-0.1, -0.05) is 36.4 Å². The van der Waals surface area contributed by atoms with E-state index in [9.17, 15) is 4.79 Å². The van der Waals surface area contributed by atoms with Crippen LogP contribution in [0.4, 0.5) is 0 Å². The third-order valence-corrected chi connectivity index (χ3v) is 6.76. The quantitative estimate of drug-likeness (QED) is 0.635. The molecule has 0 spiro atoms. The van der Waals surface area contributed by atoms with Crippen LogP contribution in [0.25, 0.3) is 10.6 Å². The minimum absolute atomic E-state index is 0.192. The van der Waals surface area contributed by atoms with E-state index in [4.69, 9.17) is 0 Å². The average Bonchev–Trinajstić information content (AvgIpc) is 3.39. The fourth-order valence-electron chi connectivity index (χ4n) is 3.31. The van der Waals surface area contributed by atoms with E-state index >= 15 is 0 Å². The lowest BCUT2D eigenvalue weighted by Crippen LogP contribution is -2.49. The highest BCUT2D eigenvalue weighted by Crippen LogP contribution is 2.23. The lowest BCUT2D eigenvalue weighted by atomic mass is 10.2. The van der Waals surface area contributed by atoms with Gasteiger partial charge in [0.2, 0.25) is 5.91 Å². The third kappa shape index (κ3) is 4.83. The summed E-state index contributed by atoms with van der Waals surface area (Å²) >= 11 is 3.43. The number of rotatable bonds is 6. The van der Waals surface area contributed by atoms with Gasteiger partial charge in [0.05, 0.1) is 12.1 Å². The first-order valence-electron chi connectivity index (χ1n) is 9.30. The van der Waals surface area contributed by atoms with Crippen LogP contribution < -0.4 is 0 Å². The molecule has 0 radical (unpaired) electrons. The van der Waals surface area contributed by atoms with Crippen molar-refractivity contribution >= 4 is 28.6 Å². The van der Waals surface area contributed by atoms with Crippen LogP contribution in [-0.4, -0.2) is 53.4 Å². The molecule has 0 unspecified atom stereocenters. The SMILES string of the molecule is O=C(Cc1csc(-c2ccccc2)n1)N1CCN(CCc2cccs2)CC1. The van der Waals surface area contributed by atoms with E-state index in [2.05, 4.69) is 39.5 Å². The van der Waals surface area contributed by atoms with Crippen LogP contribution in [0.1, 0.15) is 10.6 Å². The molecule has 1 fully saturated rings. The van der Waals surface area contributed by atoms with E-state index in [1.165, 1.54) is 4.88 Å². The van der Waals surface area contributed by atoms with E-state index in [1.54, 1.807) is 11.3 Å². The molecule has 1 aliphatic rings. The number of carbonyl (C=O) groups is 1. The van der Waals surface area contributed by atoms with E-state index < -0.39 is 0 Å². The van der Waals surface area contributed by atoms with Crippen molar-refractivity contribution in [2.75, 3.05) is 32.7 Å². The van der Waals surface area contributed by atoms with Crippen molar-refractivity contribution in [3.8, 4) is 10.6 Å². The molecule has 1 saturated heterocycles. The standard InChI is InChI=1S/C21H23N3OS2/c25-20(15-18-16-27-21(22-18)17-5-2-1-3-6-17)24-12-10-23(11-13-24)9-8-19-7-4-14-26-19/h1-7,14,16H,8-13,15H2. The van der Waals surface area contributed by atoms with Gasteiger partial charge in [0.1, 0.15) is 5.01 Å². The molecular formula is C21H23N3OS2. The molecule has 4 rings (SSSR count). The first kappa shape index (κ1) is 18.3. The number of thiazole rings is 1. The van der Waals surface area contributed by atoms with Gasteiger partial charge < -0.3 is 4.90 Å². The maximum Gasteiger partial charge on any atom is 0.228 e. The Morgan fingerprint density at radius 3 is 2.56 bits per heavy atom. The first-order valence-corrected chi connectivity index (χ1v) is 11.1. The molecule has 0 N–H and O–H groups in total. The lowest BCUT2D eigenvalue weighted by Gasteiger charge is -2.34. The monoisotopic (exact) mass is 397 g/mol. The molecule has 3 aromatic rings. The number of aromatic nitrogens is 1. The largest absolute Gasteiger partial charge is 0.340 e. The van der Waals surface area contributed by atoms with Gasteiger partial charge in [-0.25, -0.2) is 4.98 Å². The fraction of sp³-hybridized carbons (Fsp3) is 0.333. The van der Waals surface area contributed by atoms with Gasteiger partial charge in [-0.05, 0) is 17.9 Å². The summed E-state index contributed by atoms with van der Waals surface area (Å²) in [5, 5.41) is 5.13. The summed E-state index contributed by atoms with van der Waals surface area (Å²) in [4.78, 5) is 23.2. The lowest BCUT2D eigenvalue weighted by molar-refractivity contribution is -0.132. The smallest absolute Gasteiger partial charge is 0.228 e.